The number of hydrogen-bond acceptors (Lipinski definition) is 2. The standard InChI is InChI=1S/C12H24O2/c1-9(2)11(5,13)7-8-12(6,14)10(3)4/h7-10,13-14H,1-6H3. The Labute approximate surface area is 87.7 Å². The molecule has 0 amide bonds. The van der Waals surface area contributed by atoms with Crippen LogP contribution in [0.25, 0.3) is 0 Å². The largest absolute Gasteiger partial charge is 0.386 e. The van der Waals surface area contributed by atoms with Gasteiger partial charge in [0.2, 0.25) is 0 Å². The van der Waals surface area contributed by atoms with E-state index in [4.69, 9.17) is 0 Å². The summed E-state index contributed by atoms with van der Waals surface area (Å²) in [6.07, 6.45) is 3.38. The molecule has 14 heavy (non-hydrogen) atoms. The smallest absolute Gasteiger partial charge is 0.0823 e. The number of rotatable bonds is 4. The quantitative estimate of drug-likeness (QED) is 0.684. The fourth-order valence-electron chi connectivity index (χ4n) is 0.722. The van der Waals surface area contributed by atoms with E-state index in [9.17, 15) is 10.2 Å². The van der Waals surface area contributed by atoms with Crippen molar-refractivity contribution in [3.05, 3.63) is 12.2 Å². The van der Waals surface area contributed by atoms with Crippen molar-refractivity contribution in [2.75, 3.05) is 0 Å². The predicted octanol–water partition coefficient (Wildman–Crippen LogP) is 2.36. The second-order valence-electron chi connectivity index (χ2n) is 5.09. The molecule has 0 rings (SSSR count). The Hall–Kier alpha value is -0.340. The Kier molecular flexibility index (Phi) is 4.34. The van der Waals surface area contributed by atoms with E-state index in [1.165, 1.54) is 0 Å². The van der Waals surface area contributed by atoms with Gasteiger partial charge in [-0.05, 0) is 25.7 Å². The molecule has 0 radical (unpaired) electrons. The second kappa shape index (κ2) is 4.45. The number of aliphatic hydroxyl groups is 2. The molecule has 2 atom stereocenters. The lowest BCUT2D eigenvalue weighted by atomic mass is 9.87. The molecule has 0 heterocycles. The van der Waals surface area contributed by atoms with Gasteiger partial charge in [0.25, 0.3) is 0 Å². The van der Waals surface area contributed by atoms with Crippen LogP contribution in [0.3, 0.4) is 0 Å². The van der Waals surface area contributed by atoms with E-state index < -0.39 is 11.2 Å². The Morgan fingerprint density at radius 2 is 1.00 bits per heavy atom. The Balaban J connectivity index is 4.59. The first-order valence-electron chi connectivity index (χ1n) is 5.24. The maximum Gasteiger partial charge on any atom is 0.0823 e. The summed E-state index contributed by atoms with van der Waals surface area (Å²) in [5.41, 5.74) is -1.70. The van der Waals surface area contributed by atoms with Gasteiger partial charge >= 0.3 is 0 Å². The Bertz CT molecular complexity index is 178. The zero-order chi connectivity index (χ0) is 11.6. The van der Waals surface area contributed by atoms with Gasteiger partial charge in [-0.1, -0.05) is 39.8 Å². The molecular weight excluding hydrogens is 176 g/mol. The Morgan fingerprint density at radius 1 is 0.786 bits per heavy atom. The van der Waals surface area contributed by atoms with Crippen LogP contribution < -0.4 is 0 Å². The monoisotopic (exact) mass is 200 g/mol. The molecule has 0 aromatic rings. The zero-order valence-corrected chi connectivity index (χ0v) is 10.2. The highest BCUT2D eigenvalue weighted by molar-refractivity contribution is 5.08. The summed E-state index contributed by atoms with van der Waals surface area (Å²) in [5.74, 6) is 0.281. The van der Waals surface area contributed by atoms with Crippen LogP contribution in [-0.2, 0) is 0 Å². The van der Waals surface area contributed by atoms with Gasteiger partial charge in [0.1, 0.15) is 0 Å². The second-order valence-corrected chi connectivity index (χ2v) is 5.09. The molecule has 0 saturated carbocycles. The maximum atomic E-state index is 9.94. The average molecular weight is 200 g/mol. The molecule has 2 nitrogen and oxygen atoms in total. The van der Waals surface area contributed by atoms with Crippen molar-refractivity contribution in [1.82, 2.24) is 0 Å². The topological polar surface area (TPSA) is 40.5 Å². The van der Waals surface area contributed by atoms with E-state index in [1.54, 1.807) is 26.0 Å². The molecule has 0 aromatic heterocycles. The van der Waals surface area contributed by atoms with E-state index in [2.05, 4.69) is 0 Å². The highest BCUT2D eigenvalue weighted by Gasteiger charge is 2.25. The van der Waals surface area contributed by atoms with Crippen molar-refractivity contribution in [1.29, 1.82) is 0 Å². The van der Waals surface area contributed by atoms with Gasteiger partial charge in [-0.3, -0.25) is 0 Å². The normalized spacial score (nSPS) is 21.6. The van der Waals surface area contributed by atoms with Crippen molar-refractivity contribution in [2.24, 2.45) is 11.8 Å². The third kappa shape index (κ3) is 3.81. The van der Waals surface area contributed by atoms with Crippen LogP contribution in [-0.4, -0.2) is 21.4 Å². The first-order chi connectivity index (χ1) is 6.09. The molecule has 0 aromatic carbocycles. The summed E-state index contributed by atoms with van der Waals surface area (Å²) >= 11 is 0. The minimum atomic E-state index is -0.848. The molecule has 0 fully saturated rings. The van der Waals surface area contributed by atoms with Crippen molar-refractivity contribution in [2.45, 2.75) is 52.7 Å². The van der Waals surface area contributed by atoms with E-state index in [1.807, 2.05) is 27.7 Å². The van der Waals surface area contributed by atoms with Crippen LogP contribution in [0.1, 0.15) is 41.5 Å². The van der Waals surface area contributed by atoms with E-state index in [-0.39, 0.29) is 11.8 Å². The van der Waals surface area contributed by atoms with Gasteiger partial charge in [-0.15, -0.1) is 0 Å². The molecular formula is C12H24O2. The summed E-state index contributed by atoms with van der Waals surface area (Å²) in [4.78, 5) is 0. The van der Waals surface area contributed by atoms with Crippen LogP contribution >= 0.6 is 0 Å². The summed E-state index contributed by atoms with van der Waals surface area (Å²) in [5, 5.41) is 19.9. The van der Waals surface area contributed by atoms with Crippen LogP contribution in [0, 0.1) is 11.8 Å². The lowest BCUT2D eigenvalue weighted by Gasteiger charge is -2.28. The zero-order valence-electron chi connectivity index (χ0n) is 10.2. The van der Waals surface area contributed by atoms with Gasteiger partial charge in [-0.25, -0.2) is 0 Å². The molecule has 0 aliphatic carbocycles. The first-order valence-corrected chi connectivity index (χ1v) is 5.24. The SMILES string of the molecule is CC(C)C(C)(O)C=CC(C)(O)C(C)C. The highest BCUT2D eigenvalue weighted by Crippen LogP contribution is 2.22. The lowest BCUT2D eigenvalue weighted by molar-refractivity contribution is 0.0451. The fourth-order valence-corrected chi connectivity index (χ4v) is 0.722. The molecule has 2 N–H and O–H groups in total. The molecule has 84 valence electrons. The summed E-state index contributed by atoms with van der Waals surface area (Å²) in [7, 11) is 0. The van der Waals surface area contributed by atoms with Crippen LogP contribution in [0.4, 0.5) is 0 Å². The Morgan fingerprint density at radius 3 is 1.14 bits per heavy atom. The molecule has 2 unspecified atom stereocenters. The van der Waals surface area contributed by atoms with Gasteiger partial charge in [-0.2, -0.15) is 0 Å². The van der Waals surface area contributed by atoms with Crippen LogP contribution in [0.2, 0.25) is 0 Å². The minimum absolute atomic E-state index is 0.140. The third-order valence-corrected chi connectivity index (χ3v) is 3.10. The van der Waals surface area contributed by atoms with Crippen molar-refractivity contribution >= 4 is 0 Å². The fraction of sp³-hybridized carbons (Fsp3) is 0.833. The summed E-state index contributed by atoms with van der Waals surface area (Å²) in [6.45, 7) is 11.3. The van der Waals surface area contributed by atoms with E-state index >= 15 is 0 Å². The number of hydrogen-bond donors (Lipinski definition) is 2. The van der Waals surface area contributed by atoms with Crippen molar-refractivity contribution < 1.29 is 10.2 Å². The predicted molar refractivity (Wildman–Crippen MR) is 60.1 cm³/mol. The summed E-state index contributed by atoms with van der Waals surface area (Å²) in [6, 6.07) is 0. The van der Waals surface area contributed by atoms with Crippen molar-refractivity contribution in [3.8, 4) is 0 Å². The van der Waals surface area contributed by atoms with Crippen LogP contribution in [0.5, 0.6) is 0 Å². The highest BCUT2D eigenvalue weighted by atomic mass is 16.3. The molecule has 0 bridgehead atoms. The first kappa shape index (κ1) is 13.7. The molecule has 0 saturated heterocycles. The van der Waals surface area contributed by atoms with E-state index in [0.29, 0.717) is 0 Å². The van der Waals surface area contributed by atoms with Gasteiger partial charge < -0.3 is 10.2 Å². The molecule has 0 aliphatic heterocycles. The van der Waals surface area contributed by atoms with Gasteiger partial charge in [0.15, 0.2) is 0 Å². The van der Waals surface area contributed by atoms with Gasteiger partial charge in [0, 0.05) is 0 Å². The lowest BCUT2D eigenvalue weighted by Crippen LogP contribution is -2.32. The van der Waals surface area contributed by atoms with E-state index in [0.717, 1.165) is 0 Å². The summed E-state index contributed by atoms with van der Waals surface area (Å²) < 4.78 is 0. The van der Waals surface area contributed by atoms with Crippen LogP contribution in [0.15, 0.2) is 12.2 Å². The minimum Gasteiger partial charge on any atom is -0.386 e. The molecule has 2 heteroatoms. The average Bonchev–Trinajstić information content (AvgIpc) is 2.01. The molecule has 0 spiro atoms. The molecule has 0 aliphatic rings. The third-order valence-electron chi connectivity index (χ3n) is 3.10. The maximum absolute atomic E-state index is 9.94. The van der Waals surface area contributed by atoms with Gasteiger partial charge in [0.05, 0.1) is 11.2 Å². The van der Waals surface area contributed by atoms with Crippen molar-refractivity contribution in [3.63, 3.8) is 0 Å².